The van der Waals surface area contributed by atoms with Crippen molar-refractivity contribution in [3.63, 3.8) is 0 Å². The highest BCUT2D eigenvalue weighted by Gasteiger charge is 2.43. The minimum Gasteiger partial charge on any atom is -0.481 e. The molecule has 0 heterocycles. The van der Waals surface area contributed by atoms with Crippen LogP contribution in [-0.2, 0) is 14.3 Å². The van der Waals surface area contributed by atoms with Crippen LogP contribution in [0, 0.1) is 40.9 Å². The van der Waals surface area contributed by atoms with Gasteiger partial charge < -0.3 is 9.84 Å². The summed E-state index contributed by atoms with van der Waals surface area (Å²) < 4.78 is 6.18. The van der Waals surface area contributed by atoms with Crippen molar-refractivity contribution >= 4 is 11.9 Å². The summed E-state index contributed by atoms with van der Waals surface area (Å²) in [6, 6.07) is 0. The van der Waals surface area contributed by atoms with Gasteiger partial charge in [-0.2, -0.15) is 0 Å². The van der Waals surface area contributed by atoms with Crippen molar-refractivity contribution in [2.45, 2.75) is 99.0 Å². The Balaban J connectivity index is 2.16. The maximum Gasteiger partial charge on any atom is 0.310 e. The van der Waals surface area contributed by atoms with Crippen LogP contribution >= 0.6 is 0 Å². The smallest absolute Gasteiger partial charge is 0.310 e. The Morgan fingerprint density at radius 3 is 2.29 bits per heavy atom. The van der Waals surface area contributed by atoms with Gasteiger partial charge in [-0.3, -0.25) is 9.59 Å². The van der Waals surface area contributed by atoms with E-state index in [1.165, 1.54) is 6.42 Å². The van der Waals surface area contributed by atoms with Crippen LogP contribution in [0.5, 0.6) is 0 Å². The van der Waals surface area contributed by atoms with Gasteiger partial charge in [0.2, 0.25) is 0 Å². The number of ether oxygens (including phenoxy) is 1. The Labute approximate surface area is 171 Å². The van der Waals surface area contributed by atoms with Gasteiger partial charge in [-0.1, -0.05) is 60.8 Å². The molecule has 2 aliphatic carbocycles. The van der Waals surface area contributed by atoms with Crippen molar-refractivity contribution in [2.24, 2.45) is 40.9 Å². The molecule has 2 rings (SSSR count). The number of hydrogen-bond donors (Lipinski definition) is 1. The molecule has 7 atom stereocenters. The molecule has 0 aromatic heterocycles. The second kappa shape index (κ2) is 9.63. The van der Waals surface area contributed by atoms with E-state index in [4.69, 9.17) is 4.74 Å². The number of aliphatic carboxylic acids is 1. The van der Waals surface area contributed by atoms with E-state index < -0.39 is 17.8 Å². The minimum atomic E-state index is -0.847. The summed E-state index contributed by atoms with van der Waals surface area (Å²) in [5.74, 6) is -0.412. The molecular weight excluding hydrogens is 352 g/mol. The number of carbonyl (C=O) groups excluding carboxylic acids is 1. The molecule has 0 aromatic rings. The Kier molecular flexibility index (Phi) is 7.98. The third-order valence-electron chi connectivity index (χ3n) is 7.95. The molecule has 28 heavy (non-hydrogen) atoms. The van der Waals surface area contributed by atoms with E-state index in [1.54, 1.807) is 0 Å². The SMILES string of the molecule is CCC(C)(C)CC(OC(=O)C1CCCC(C)C1C(=O)O)C1CCC(C)C(C)C1. The molecule has 0 aromatic carbocycles. The molecule has 2 fully saturated rings. The molecule has 0 saturated heterocycles. The van der Waals surface area contributed by atoms with Crippen LogP contribution in [0.1, 0.15) is 92.9 Å². The van der Waals surface area contributed by atoms with Crippen LogP contribution in [-0.4, -0.2) is 23.1 Å². The van der Waals surface area contributed by atoms with Gasteiger partial charge in [0, 0.05) is 0 Å². The van der Waals surface area contributed by atoms with Gasteiger partial charge in [0.25, 0.3) is 0 Å². The third kappa shape index (κ3) is 5.73. The average molecular weight is 395 g/mol. The fourth-order valence-corrected chi connectivity index (χ4v) is 5.25. The zero-order valence-corrected chi connectivity index (χ0v) is 18.9. The zero-order chi connectivity index (χ0) is 21.1. The number of esters is 1. The maximum absolute atomic E-state index is 13.1. The summed E-state index contributed by atoms with van der Waals surface area (Å²) in [6.07, 6.45) is 7.63. The van der Waals surface area contributed by atoms with Crippen molar-refractivity contribution in [2.75, 3.05) is 0 Å². The van der Waals surface area contributed by atoms with Crippen molar-refractivity contribution < 1.29 is 19.4 Å². The summed E-state index contributed by atoms with van der Waals surface area (Å²) in [6.45, 7) is 13.3. The van der Waals surface area contributed by atoms with Crippen LogP contribution in [0.2, 0.25) is 0 Å². The minimum absolute atomic E-state index is 0.0323. The van der Waals surface area contributed by atoms with Gasteiger partial charge in [0.1, 0.15) is 6.10 Å². The Bertz CT molecular complexity index is 541. The molecule has 4 heteroatoms. The monoisotopic (exact) mass is 394 g/mol. The third-order valence-corrected chi connectivity index (χ3v) is 7.95. The summed E-state index contributed by atoms with van der Waals surface area (Å²) >= 11 is 0. The van der Waals surface area contributed by atoms with Crippen molar-refractivity contribution in [3.8, 4) is 0 Å². The largest absolute Gasteiger partial charge is 0.481 e. The van der Waals surface area contributed by atoms with Crippen LogP contribution in [0.4, 0.5) is 0 Å². The van der Waals surface area contributed by atoms with Crippen LogP contribution in [0.3, 0.4) is 0 Å². The summed E-state index contributed by atoms with van der Waals surface area (Å²) in [4.78, 5) is 25.0. The summed E-state index contributed by atoms with van der Waals surface area (Å²) in [7, 11) is 0. The average Bonchev–Trinajstić information content (AvgIpc) is 2.62. The Morgan fingerprint density at radius 1 is 1.04 bits per heavy atom. The number of carboxylic acids is 1. The van der Waals surface area contributed by atoms with Gasteiger partial charge in [-0.15, -0.1) is 0 Å². The van der Waals surface area contributed by atoms with E-state index in [-0.39, 0.29) is 23.4 Å². The predicted molar refractivity (Wildman–Crippen MR) is 112 cm³/mol. The molecule has 0 radical (unpaired) electrons. The lowest BCUT2D eigenvalue weighted by Gasteiger charge is -2.40. The second-order valence-corrected chi connectivity index (χ2v) is 10.6. The van der Waals surface area contributed by atoms with Crippen molar-refractivity contribution in [3.05, 3.63) is 0 Å². The number of carbonyl (C=O) groups is 2. The first-order chi connectivity index (χ1) is 13.1. The van der Waals surface area contributed by atoms with Crippen LogP contribution in [0.25, 0.3) is 0 Å². The van der Waals surface area contributed by atoms with E-state index in [9.17, 15) is 14.7 Å². The maximum atomic E-state index is 13.1. The van der Waals surface area contributed by atoms with E-state index in [0.717, 1.165) is 44.4 Å². The topological polar surface area (TPSA) is 63.6 Å². The second-order valence-electron chi connectivity index (χ2n) is 10.6. The predicted octanol–water partition coefficient (Wildman–Crippen LogP) is 5.93. The van der Waals surface area contributed by atoms with Crippen LogP contribution < -0.4 is 0 Å². The van der Waals surface area contributed by atoms with E-state index >= 15 is 0 Å². The molecule has 7 unspecified atom stereocenters. The van der Waals surface area contributed by atoms with Gasteiger partial charge in [-0.05, 0) is 61.2 Å². The first-order valence-corrected chi connectivity index (χ1v) is 11.5. The van der Waals surface area contributed by atoms with E-state index in [2.05, 4.69) is 34.6 Å². The molecule has 2 saturated carbocycles. The lowest BCUT2D eigenvalue weighted by molar-refractivity contribution is -0.170. The van der Waals surface area contributed by atoms with E-state index in [1.807, 2.05) is 6.92 Å². The molecule has 0 bridgehead atoms. The molecule has 0 amide bonds. The van der Waals surface area contributed by atoms with Gasteiger partial charge >= 0.3 is 11.9 Å². The normalized spacial score (nSPS) is 35.2. The standard InChI is InChI=1S/C24H42O4/c1-7-24(5,6)14-20(18-12-11-15(2)17(4)13-18)28-23(27)19-10-8-9-16(3)21(19)22(25)26/h15-21H,7-14H2,1-6H3,(H,25,26). The van der Waals surface area contributed by atoms with Crippen LogP contribution in [0.15, 0.2) is 0 Å². The van der Waals surface area contributed by atoms with Crippen molar-refractivity contribution in [1.29, 1.82) is 0 Å². The molecule has 0 aliphatic heterocycles. The Morgan fingerprint density at radius 2 is 1.71 bits per heavy atom. The number of carboxylic acid groups (broad SMARTS) is 1. The quantitative estimate of drug-likeness (QED) is 0.543. The molecule has 2 aliphatic rings. The summed E-state index contributed by atoms with van der Waals surface area (Å²) in [5.41, 5.74) is 0.114. The fourth-order valence-electron chi connectivity index (χ4n) is 5.25. The molecule has 1 N–H and O–H groups in total. The molecule has 0 spiro atoms. The first-order valence-electron chi connectivity index (χ1n) is 11.5. The number of hydrogen-bond acceptors (Lipinski definition) is 3. The molecule has 4 nitrogen and oxygen atoms in total. The lowest BCUT2D eigenvalue weighted by atomic mass is 9.70. The Hall–Kier alpha value is -1.06. The lowest BCUT2D eigenvalue weighted by Crippen LogP contribution is -2.42. The van der Waals surface area contributed by atoms with Gasteiger partial charge in [-0.25, -0.2) is 0 Å². The highest BCUT2D eigenvalue weighted by atomic mass is 16.5. The van der Waals surface area contributed by atoms with Crippen molar-refractivity contribution in [1.82, 2.24) is 0 Å². The fraction of sp³-hybridized carbons (Fsp3) is 0.917. The highest BCUT2D eigenvalue weighted by Crippen LogP contribution is 2.42. The zero-order valence-electron chi connectivity index (χ0n) is 18.9. The summed E-state index contributed by atoms with van der Waals surface area (Å²) in [5, 5.41) is 9.69. The molecular formula is C24H42O4. The highest BCUT2D eigenvalue weighted by molar-refractivity contribution is 5.81. The van der Waals surface area contributed by atoms with Gasteiger partial charge in [0.05, 0.1) is 11.8 Å². The molecule has 162 valence electrons. The number of rotatable bonds is 7. The van der Waals surface area contributed by atoms with E-state index in [0.29, 0.717) is 18.3 Å². The first kappa shape index (κ1) is 23.2. The van der Waals surface area contributed by atoms with Gasteiger partial charge in [0.15, 0.2) is 0 Å².